The molecule has 2 aromatic rings. The molecule has 0 N–H and O–H groups in total. The molecule has 4 rings (SSSR count). The summed E-state index contributed by atoms with van der Waals surface area (Å²) in [5.74, 6) is -2.17. The van der Waals surface area contributed by atoms with Crippen LogP contribution in [0.3, 0.4) is 0 Å². The number of benzene rings is 2. The molecule has 1 amide bonds. The number of fused-ring (bicyclic) bond motifs is 2. The molecule has 2 saturated heterocycles. The average molecular weight is 413 g/mol. The van der Waals surface area contributed by atoms with Crippen molar-refractivity contribution in [2.75, 3.05) is 0 Å². The molecule has 0 radical (unpaired) electrons. The summed E-state index contributed by atoms with van der Waals surface area (Å²) in [4.78, 5) is 27.2. The number of ketones is 1. The third-order valence-electron chi connectivity index (χ3n) is 6.32. The maximum atomic E-state index is 14.2. The van der Waals surface area contributed by atoms with Crippen molar-refractivity contribution in [2.24, 2.45) is 5.92 Å². The number of carbonyl (C=O) groups excluding carboxylic acids is 2. The van der Waals surface area contributed by atoms with Crippen LogP contribution in [0.15, 0.2) is 42.5 Å². The van der Waals surface area contributed by atoms with E-state index in [2.05, 4.69) is 0 Å². The number of ether oxygens (including phenoxy) is 1. The Kier molecular flexibility index (Phi) is 5.84. The molecular weight excluding hydrogens is 388 g/mol. The minimum absolute atomic E-state index is 0.0411. The van der Waals surface area contributed by atoms with Crippen LogP contribution in [0.1, 0.15) is 42.4 Å². The van der Waals surface area contributed by atoms with Gasteiger partial charge in [-0.3, -0.25) is 4.79 Å². The highest BCUT2D eigenvalue weighted by Crippen LogP contribution is 2.40. The van der Waals surface area contributed by atoms with Crippen LogP contribution in [0.2, 0.25) is 0 Å². The molecule has 0 saturated carbocycles. The number of nitrogens with zero attached hydrogens (tertiary/aromatic N) is 1. The molecule has 0 spiro atoms. The predicted molar refractivity (Wildman–Crippen MR) is 108 cm³/mol. The fourth-order valence-electron chi connectivity index (χ4n) is 4.69. The second kappa shape index (κ2) is 8.54. The molecule has 158 valence electrons. The van der Waals surface area contributed by atoms with Crippen molar-refractivity contribution >= 4 is 11.9 Å². The quantitative estimate of drug-likeness (QED) is 0.696. The van der Waals surface area contributed by atoms with Gasteiger partial charge >= 0.3 is 6.09 Å². The Morgan fingerprint density at radius 3 is 2.33 bits per heavy atom. The van der Waals surface area contributed by atoms with Gasteiger partial charge in [0.15, 0.2) is 11.6 Å². The van der Waals surface area contributed by atoms with E-state index in [-0.39, 0.29) is 54.0 Å². The first-order valence-corrected chi connectivity index (χ1v) is 10.4. The summed E-state index contributed by atoms with van der Waals surface area (Å²) >= 11 is 0. The summed E-state index contributed by atoms with van der Waals surface area (Å²) in [6.07, 6.45) is 2.30. The van der Waals surface area contributed by atoms with Gasteiger partial charge in [-0.1, -0.05) is 42.5 Å². The first kappa shape index (κ1) is 20.5. The number of piperidine rings is 1. The topological polar surface area (TPSA) is 46.6 Å². The van der Waals surface area contributed by atoms with E-state index < -0.39 is 11.6 Å². The van der Waals surface area contributed by atoms with E-state index in [4.69, 9.17) is 4.74 Å². The number of amides is 1. The van der Waals surface area contributed by atoms with Crippen molar-refractivity contribution < 1.29 is 23.1 Å². The van der Waals surface area contributed by atoms with Gasteiger partial charge in [-0.15, -0.1) is 0 Å². The number of hydrogen-bond donors (Lipinski definition) is 0. The zero-order valence-corrected chi connectivity index (χ0v) is 16.9. The number of rotatable bonds is 5. The molecule has 0 aliphatic carbocycles. The summed E-state index contributed by atoms with van der Waals surface area (Å²) in [5, 5.41) is 0. The third kappa shape index (κ3) is 4.09. The number of carbonyl (C=O) groups is 2. The van der Waals surface area contributed by atoms with E-state index >= 15 is 0 Å². The zero-order chi connectivity index (χ0) is 21.3. The fraction of sp³-hybridized carbons (Fsp3) is 0.417. The Hall–Kier alpha value is -2.76. The molecule has 2 atom stereocenters. The van der Waals surface area contributed by atoms with Gasteiger partial charge in [0, 0.05) is 24.4 Å². The lowest BCUT2D eigenvalue weighted by atomic mass is 9.85. The SMILES string of the molecule is Cc1ccc(CC(=O)C2CC3CCC(C2)N3C(=O)OCc2ccccc2)c(F)c1F. The van der Waals surface area contributed by atoms with Crippen LogP contribution in [-0.2, 0) is 22.6 Å². The Bertz CT molecular complexity index is 933. The van der Waals surface area contributed by atoms with Crippen molar-refractivity contribution in [3.63, 3.8) is 0 Å². The van der Waals surface area contributed by atoms with Crippen LogP contribution in [0.5, 0.6) is 0 Å². The van der Waals surface area contributed by atoms with Gasteiger partial charge in [0.2, 0.25) is 0 Å². The monoisotopic (exact) mass is 413 g/mol. The van der Waals surface area contributed by atoms with Crippen molar-refractivity contribution in [1.29, 1.82) is 0 Å². The molecule has 0 aromatic heterocycles. The maximum Gasteiger partial charge on any atom is 0.410 e. The number of halogens is 2. The molecular formula is C24H25F2NO3. The summed E-state index contributed by atoms with van der Waals surface area (Å²) in [7, 11) is 0. The average Bonchev–Trinajstić information content (AvgIpc) is 3.02. The Morgan fingerprint density at radius 1 is 1.00 bits per heavy atom. The fourth-order valence-corrected chi connectivity index (χ4v) is 4.69. The highest BCUT2D eigenvalue weighted by atomic mass is 19.2. The van der Waals surface area contributed by atoms with Crippen LogP contribution in [0.25, 0.3) is 0 Å². The third-order valence-corrected chi connectivity index (χ3v) is 6.32. The first-order chi connectivity index (χ1) is 14.4. The van der Waals surface area contributed by atoms with Crippen molar-refractivity contribution in [3.05, 3.63) is 70.8 Å². The molecule has 2 unspecified atom stereocenters. The Balaban J connectivity index is 1.37. The smallest absolute Gasteiger partial charge is 0.410 e. The molecule has 2 aliphatic rings. The summed E-state index contributed by atoms with van der Waals surface area (Å²) in [6.45, 7) is 1.71. The summed E-state index contributed by atoms with van der Waals surface area (Å²) in [6, 6.07) is 12.4. The largest absolute Gasteiger partial charge is 0.445 e. The molecule has 2 fully saturated rings. The van der Waals surface area contributed by atoms with E-state index in [0.717, 1.165) is 18.4 Å². The summed E-state index contributed by atoms with van der Waals surface area (Å²) < 4.78 is 33.5. The first-order valence-electron chi connectivity index (χ1n) is 10.4. The number of hydrogen-bond acceptors (Lipinski definition) is 3. The number of aryl methyl sites for hydroxylation is 1. The molecule has 4 nitrogen and oxygen atoms in total. The zero-order valence-electron chi connectivity index (χ0n) is 16.9. The molecule has 2 bridgehead atoms. The van der Waals surface area contributed by atoms with Gasteiger partial charge in [0.1, 0.15) is 12.4 Å². The van der Waals surface area contributed by atoms with Crippen LogP contribution < -0.4 is 0 Å². The molecule has 2 aliphatic heterocycles. The normalized spacial score (nSPS) is 22.8. The van der Waals surface area contributed by atoms with E-state index in [9.17, 15) is 18.4 Å². The molecule has 6 heteroatoms. The highest BCUT2D eigenvalue weighted by molar-refractivity contribution is 5.84. The highest BCUT2D eigenvalue weighted by Gasteiger charge is 2.45. The van der Waals surface area contributed by atoms with Gasteiger partial charge < -0.3 is 9.64 Å². The standard InChI is InChI=1S/C24H25F2NO3/c1-15-7-8-17(23(26)22(15)25)13-21(28)18-11-19-9-10-20(12-18)27(19)24(29)30-14-16-5-3-2-4-6-16/h2-8,18-20H,9-14H2,1H3. The second-order valence-corrected chi connectivity index (χ2v) is 8.31. The van der Waals surface area contributed by atoms with Crippen LogP contribution >= 0.6 is 0 Å². The Morgan fingerprint density at radius 2 is 1.67 bits per heavy atom. The van der Waals surface area contributed by atoms with Crippen LogP contribution in [-0.4, -0.2) is 28.9 Å². The van der Waals surface area contributed by atoms with Gasteiger partial charge in [0.25, 0.3) is 0 Å². The van der Waals surface area contributed by atoms with E-state index in [0.29, 0.717) is 12.8 Å². The lowest BCUT2D eigenvalue weighted by Gasteiger charge is -2.37. The van der Waals surface area contributed by atoms with Crippen molar-refractivity contribution in [2.45, 2.75) is 57.7 Å². The van der Waals surface area contributed by atoms with Crippen LogP contribution in [0, 0.1) is 24.5 Å². The predicted octanol–water partition coefficient (Wildman–Crippen LogP) is 4.96. The van der Waals surface area contributed by atoms with Crippen molar-refractivity contribution in [1.82, 2.24) is 4.90 Å². The minimum atomic E-state index is -0.937. The van der Waals surface area contributed by atoms with Crippen LogP contribution in [0.4, 0.5) is 13.6 Å². The summed E-state index contributed by atoms with van der Waals surface area (Å²) in [5.41, 5.74) is 1.25. The van der Waals surface area contributed by atoms with Gasteiger partial charge in [-0.25, -0.2) is 13.6 Å². The molecule has 2 heterocycles. The minimum Gasteiger partial charge on any atom is -0.445 e. The molecule has 30 heavy (non-hydrogen) atoms. The second-order valence-electron chi connectivity index (χ2n) is 8.31. The van der Waals surface area contributed by atoms with Gasteiger partial charge in [-0.05, 0) is 49.3 Å². The lowest BCUT2D eigenvalue weighted by molar-refractivity contribution is -0.124. The van der Waals surface area contributed by atoms with Crippen molar-refractivity contribution in [3.8, 4) is 0 Å². The maximum absolute atomic E-state index is 14.2. The van der Waals surface area contributed by atoms with E-state index in [1.165, 1.54) is 19.1 Å². The molecule has 2 aromatic carbocycles. The van der Waals surface area contributed by atoms with E-state index in [1.807, 2.05) is 30.3 Å². The Labute approximate surface area is 174 Å². The lowest BCUT2D eigenvalue weighted by Crippen LogP contribution is -2.48. The van der Waals surface area contributed by atoms with E-state index in [1.54, 1.807) is 4.90 Å². The number of Topliss-reactive ketones (excluding diaryl/α,β-unsaturated/α-hetero) is 1. The van der Waals surface area contributed by atoms with Gasteiger partial charge in [-0.2, -0.15) is 0 Å². The van der Waals surface area contributed by atoms with Gasteiger partial charge in [0.05, 0.1) is 0 Å².